The molecule has 0 saturated carbocycles. The molecule has 2 aromatic rings. The molecule has 0 aliphatic carbocycles. The lowest BCUT2D eigenvalue weighted by molar-refractivity contribution is 0.478. The smallest absolute Gasteiger partial charge is 0.147 e. The molecule has 0 amide bonds. The molecule has 4 nitrogen and oxygen atoms in total. The number of nitrogens with one attached hydrogen (secondary N) is 1. The van der Waals surface area contributed by atoms with Crippen LogP contribution in [0.5, 0.6) is 11.5 Å². The molecule has 16 heavy (non-hydrogen) atoms. The summed E-state index contributed by atoms with van der Waals surface area (Å²) in [5.41, 5.74) is 1.88. The molecule has 0 aromatic carbocycles. The highest BCUT2D eigenvalue weighted by Gasteiger charge is 1.99. The van der Waals surface area contributed by atoms with E-state index in [0.717, 1.165) is 11.4 Å². The van der Waals surface area contributed by atoms with Gasteiger partial charge in [0.2, 0.25) is 0 Å². The van der Waals surface area contributed by atoms with Crippen LogP contribution in [-0.4, -0.2) is 17.0 Å². The van der Waals surface area contributed by atoms with Gasteiger partial charge in [0.1, 0.15) is 11.5 Å². The molecular formula is C12H13N3O. The maximum atomic E-state index is 5.61. The van der Waals surface area contributed by atoms with Crippen molar-refractivity contribution >= 4 is 5.69 Å². The molecule has 2 rings (SSSR count). The fourth-order valence-electron chi connectivity index (χ4n) is 1.26. The van der Waals surface area contributed by atoms with Crippen molar-refractivity contribution in [2.24, 2.45) is 0 Å². The van der Waals surface area contributed by atoms with E-state index in [1.807, 2.05) is 32.2 Å². The highest BCUT2D eigenvalue weighted by molar-refractivity contribution is 5.45. The first-order valence-corrected chi connectivity index (χ1v) is 5.01. The van der Waals surface area contributed by atoms with Crippen molar-refractivity contribution < 1.29 is 4.74 Å². The lowest BCUT2D eigenvalue weighted by Gasteiger charge is -2.06. The third-order valence-electron chi connectivity index (χ3n) is 2.12. The van der Waals surface area contributed by atoms with Crippen molar-refractivity contribution in [1.29, 1.82) is 0 Å². The number of aromatic nitrogens is 2. The van der Waals surface area contributed by atoms with Gasteiger partial charge in [0, 0.05) is 18.8 Å². The van der Waals surface area contributed by atoms with Crippen LogP contribution in [-0.2, 0) is 0 Å². The number of rotatable bonds is 3. The zero-order chi connectivity index (χ0) is 11.4. The predicted octanol–water partition coefficient (Wildman–Crippen LogP) is 2.62. The number of ether oxygens (including phenoxy) is 1. The molecule has 1 N–H and O–H groups in total. The Morgan fingerprint density at radius 3 is 2.69 bits per heavy atom. The Kier molecular flexibility index (Phi) is 3.00. The minimum atomic E-state index is 0.692. The van der Waals surface area contributed by atoms with Crippen LogP contribution >= 0.6 is 0 Å². The summed E-state index contributed by atoms with van der Waals surface area (Å²) in [7, 11) is 1.84. The Bertz CT molecular complexity index is 468. The fourth-order valence-corrected chi connectivity index (χ4v) is 1.26. The van der Waals surface area contributed by atoms with Crippen LogP contribution < -0.4 is 10.1 Å². The van der Waals surface area contributed by atoms with Gasteiger partial charge in [0.15, 0.2) is 0 Å². The van der Waals surface area contributed by atoms with Crippen LogP contribution in [0.4, 0.5) is 5.69 Å². The number of aryl methyl sites for hydroxylation is 1. The summed E-state index contributed by atoms with van der Waals surface area (Å²) in [5.74, 6) is 1.40. The van der Waals surface area contributed by atoms with Crippen molar-refractivity contribution in [3.05, 3.63) is 42.5 Å². The quantitative estimate of drug-likeness (QED) is 0.855. The second-order valence-corrected chi connectivity index (χ2v) is 3.40. The Morgan fingerprint density at radius 2 is 2.00 bits per heavy atom. The average molecular weight is 215 g/mol. The van der Waals surface area contributed by atoms with Gasteiger partial charge >= 0.3 is 0 Å². The molecule has 2 heterocycles. The largest absolute Gasteiger partial charge is 0.454 e. The van der Waals surface area contributed by atoms with Crippen molar-refractivity contribution in [2.75, 3.05) is 12.4 Å². The van der Waals surface area contributed by atoms with E-state index in [0.29, 0.717) is 11.5 Å². The SMILES string of the molecule is CNc1cncc(Oc2ccc(C)nc2)c1. The van der Waals surface area contributed by atoms with Crippen LogP contribution in [0.15, 0.2) is 36.8 Å². The third-order valence-corrected chi connectivity index (χ3v) is 2.12. The van der Waals surface area contributed by atoms with E-state index < -0.39 is 0 Å². The molecule has 0 spiro atoms. The molecule has 0 atom stereocenters. The number of hydrogen-bond donors (Lipinski definition) is 1. The summed E-state index contributed by atoms with van der Waals surface area (Å²) < 4.78 is 5.61. The van der Waals surface area contributed by atoms with E-state index in [9.17, 15) is 0 Å². The summed E-state index contributed by atoms with van der Waals surface area (Å²) in [4.78, 5) is 8.22. The van der Waals surface area contributed by atoms with Crippen molar-refractivity contribution in [3.63, 3.8) is 0 Å². The van der Waals surface area contributed by atoms with Gasteiger partial charge in [-0.25, -0.2) is 0 Å². The molecule has 82 valence electrons. The van der Waals surface area contributed by atoms with E-state index >= 15 is 0 Å². The fraction of sp³-hybridized carbons (Fsp3) is 0.167. The van der Waals surface area contributed by atoms with Crippen LogP contribution in [0.3, 0.4) is 0 Å². The van der Waals surface area contributed by atoms with Gasteiger partial charge in [-0.1, -0.05) is 0 Å². The summed E-state index contributed by atoms with van der Waals surface area (Å²) in [6, 6.07) is 5.67. The molecule has 0 radical (unpaired) electrons. The summed E-state index contributed by atoms with van der Waals surface area (Å²) in [6.07, 6.45) is 5.10. The zero-order valence-corrected chi connectivity index (χ0v) is 9.27. The van der Waals surface area contributed by atoms with Crippen molar-refractivity contribution in [3.8, 4) is 11.5 Å². The molecule has 0 unspecified atom stereocenters. The monoisotopic (exact) mass is 215 g/mol. The lowest BCUT2D eigenvalue weighted by Crippen LogP contribution is -1.91. The molecular weight excluding hydrogens is 202 g/mol. The Hall–Kier alpha value is -2.10. The number of hydrogen-bond acceptors (Lipinski definition) is 4. The zero-order valence-electron chi connectivity index (χ0n) is 9.27. The van der Waals surface area contributed by atoms with Gasteiger partial charge in [-0.3, -0.25) is 9.97 Å². The van der Waals surface area contributed by atoms with Gasteiger partial charge in [0.05, 0.1) is 24.3 Å². The molecule has 4 heteroatoms. The molecule has 0 bridgehead atoms. The third kappa shape index (κ3) is 2.48. The van der Waals surface area contributed by atoms with Gasteiger partial charge in [-0.05, 0) is 19.1 Å². The van der Waals surface area contributed by atoms with Gasteiger partial charge < -0.3 is 10.1 Å². The van der Waals surface area contributed by atoms with Gasteiger partial charge in [-0.15, -0.1) is 0 Å². The van der Waals surface area contributed by atoms with E-state index in [1.165, 1.54) is 0 Å². The molecule has 0 saturated heterocycles. The minimum Gasteiger partial charge on any atom is -0.454 e. The Morgan fingerprint density at radius 1 is 1.12 bits per heavy atom. The number of anilines is 1. The van der Waals surface area contributed by atoms with Crippen LogP contribution in [0.25, 0.3) is 0 Å². The first-order valence-electron chi connectivity index (χ1n) is 5.01. The van der Waals surface area contributed by atoms with Crippen molar-refractivity contribution in [1.82, 2.24) is 9.97 Å². The van der Waals surface area contributed by atoms with Gasteiger partial charge in [0.25, 0.3) is 0 Å². The Balaban J connectivity index is 2.16. The normalized spacial score (nSPS) is 9.88. The van der Waals surface area contributed by atoms with Gasteiger partial charge in [-0.2, -0.15) is 0 Å². The second kappa shape index (κ2) is 4.61. The van der Waals surface area contributed by atoms with Crippen LogP contribution in [0, 0.1) is 6.92 Å². The number of pyridine rings is 2. The molecule has 2 aromatic heterocycles. The summed E-state index contributed by atoms with van der Waals surface area (Å²) in [5, 5.41) is 3.00. The molecule has 0 aliphatic heterocycles. The highest BCUT2D eigenvalue weighted by Crippen LogP contribution is 2.21. The average Bonchev–Trinajstić information content (AvgIpc) is 2.32. The number of nitrogens with zero attached hydrogens (tertiary/aromatic N) is 2. The summed E-state index contributed by atoms with van der Waals surface area (Å²) >= 11 is 0. The Labute approximate surface area is 94.3 Å². The topological polar surface area (TPSA) is 47.0 Å². The maximum absolute atomic E-state index is 5.61. The van der Waals surface area contributed by atoms with E-state index in [4.69, 9.17) is 4.74 Å². The first kappa shape index (κ1) is 10.4. The van der Waals surface area contributed by atoms with Crippen LogP contribution in [0.2, 0.25) is 0 Å². The van der Waals surface area contributed by atoms with E-state index in [-0.39, 0.29) is 0 Å². The van der Waals surface area contributed by atoms with Crippen LogP contribution in [0.1, 0.15) is 5.69 Å². The van der Waals surface area contributed by atoms with E-state index in [2.05, 4.69) is 15.3 Å². The molecule has 0 aliphatic rings. The predicted molar refractivity (Wildman–Crippen MR) is 62.8 cm³/mol. The first-order chi connectivity index (χ1) is 7.78. The molecule has 0 fully saturated rings. The summed E-state index contributed by atoms with van der Waals surface area (Å²) in [6.45, 7) is 1.94. The minimum absolute atomic E-state index is 0.692. The van der Waals surface area contributed by atoms with E-state index in [1.54, 1.807) is 18.6 Å². The lowest BCUT2D eigenvalue weighted by atomic mass is 10.3. The second-order valence-electron chi connectivity index (χ2n) is 3.40. The highest BCUT2D eigenvalue weighted by atomic mass is 16.5. The van der Waals surface area contributed by atoms with Crippen molar-refractivity contribution in [2.45, 2.75) is 6.92 Å². The maximum Gasteiger partial charge on any atom is 0.147 e. The standard InChI is InChI=1S/C12H13N3O/c1-9-3-4-11(8-15-9)16-12-5-10(13-2)6-14-7-12/h3-8,13H,1-2H3.